The first-order chi connectivity index (χ1) is 13.8. The molecule has 1 aromatic carbocycles. The lowest BCUT2D eigenvalue weighted by Crippen LogP contribution is -2.45. The molecule has 2 saturated carbocycles. The molecule has 3 amide bonds. The number of carbonyl (C=O) groups excluding carboxylic acids is 4. The van der Waals surface area contributed by atoms with E-state index in [1.807, 2.05) is 0 Å². The molecule has 1 aromatic rings. The maximum Gasteiger partial charge on any atom is 0.329 e. The lowest BCUT2D eigenvalue weighted by molar-refractivity contribution is -0.159. The SMILES string of the molecule is Cc1c(Cl)cccc1NC(=O)COC(=O)[C@H](C)N1C(=O)[C@H]2[C@@H]3CC[C@H](C3)[C@@H]2C1=O. The van der Waals surface area contributed by atoms with Gasteiger partial charge in [-0.15, -0.1) is 0 Å². The van der Waals surface area contributed by atoms with E-state index in [9.17, 15) is 19.2 Å². The second-order valence-corrected chi connectivity index (χ2v) is 8.58. The van der Waals surface area contributed by atoms with Crippen LogP contribution in [0.2, 0.25) is 5.02 Å². The molecule has 0 spiro atoms. The van der Waals surface area contributed by atoms with Crippen LogP contribution in [0.3, 0.4) is 0 Å². The number of fused-ring (bicyclic) bond motifs is 5. The predicted octanol–water partition coefficient (Wildman–Crippen LogP) is 2.55. The second-order valence-electron chi connectivity index (χ2n) is 8.18. The molecule has 3 aliphatic rings. The maximum absolute atomic E-state index is 12.8. The highest BCUT2D eigenvalue weighted by Crippen LogP contribution is 2.56. The maximum atomic E-state index is 12.8. The number of hydrogen-bond donors (Lipinski definition) is 1. The zero-order valence-electron chi connectivity index (χ0n) is 16.3. The van der Waals surface area contributed by atoms with Gasteiger partial charge in [0, 0.05) is 10.7 Å². The normalized spacial score (nSPS) is 28.4. The van der Waals surface area contributed by atoms with E-state index in [1.54, 1.807) is 25.1 Å². The zero-order valence-corrected chi connectivity index (χ0v) is 17.1. The molecule has 2 bridgehead atoms. The van der Waals surface area contributed by atoms with E-state index in [0.29, 0.717) is 16.3 Å². The van der Waals surface area contributed by atoms with Crippen LogP contribution >= 0.6 is 11.6 Å². The molecule has 1 N–H and O–H groups in total. The summed E-state index contributed by atoms with van der Waals surface area (Å²) in [4.78, 5) is 51.2. The van der Waals surface area contributed by atoms with Gasteiger partial charge < -0.3 is 10.1 Å². The van der Waals surface area contributed by atoms with Crippen molar-refractivity contribution in [2.45, 2.75) is 39.2 Å². The van der Waals surface area contributed by atoms with Crippen LogP contribution in [0, 0.1) is 30.6 Å². The van der Waals surface area contributed by atoms with E-state index in [2.05, 4.69) is 5.32 Å². The Morgan fingerprint density at radius 3 is 2.45 bits per heavy atom. The summed E-state index contributed by atoms with van der Waals surface area (Å²) in [7, 11) is 0. The van der Waals surface area contributed by atoms with E-state index in [4.69, 9.17) is 16.3 Å². The molecule has 0 unspecified atom stereocenters. The third-order valence-electron chi connectivity index (χ3n) is 6.58. The van der Waals surface area contributed by atoms with Crippen LogP contribution in [0.15, 0.2) is 18.2 Å². The Balaban J connectivity index is 1.35. The van der Waals surface area contributed by atoms with Crippen molar-refractivity contribution in [3.63, 3.8) is 0 Å². The van der Waals surface area contributed by atoms with Crippen LogP contribution in [0.25, 0.3) is 0 Å². The summed E-state index contributed by atoms with van der Waals surface area (Å²) < 4.78 is 5.08. The summed E-state index contributed by atoms with van der Waals surface area (Å²) in [5.74, 6) is -1.90. The van der Waals surface area contributed by atoms with Gasteiger partial charge in [-0.2, -0.15) is 0 Å². The molecule has 1 aliphatic heterocycles. The summed E-state index contributed by atoms with van der Waals surface area (Å²) in [6, 6.07) is 4.06. The van der Waals surface area contributed by atoms with Gasteiger partial charge in [0.1, 0.15) is 6.04 Å². The molecule has 2 aliphatic carbocycles. The number of benzene rings is 1. The van der Waals surface area contributed by atoms with Gasteiger partial charge in [-0.3, -0.25) is 19.3 Å². The van der Waals surface area contributed by atoms with Gasteiger partial charge in [-0.05, 0) is 62.6 Å². The zero-order chi connectivity index (χ0) is 20.9. The van der Waals surface area contributed by atoms with Crippen molar-refractivity contribution in [2.24, 2.45) is 23.7 Å². The lowest BCUT2D eigenvalue weighted by Gasteiger charge is -2.23. The van der Waals surface area contributed by atoms with Crippen molar-refractivity contribution in [3.8, 4) is 0 Å². The van der Waals surface area contributed by atoms with E-state index in [0.717, 1.165) is 24.2 Å². The number of amides is 3. The molecule has 8 heteroatoms. The van der Waals surface area contributed by atoms with Crippen LogP contribution < -0.4 is 5.32 Å². The number of carbonyl (C=O) groups is 4. The molecule has 154 valence electrons. The largest absolute Gasteiger partial charge is 0.454 e. The minimum Gasteiger partial charge on any atom is -0.454 e. The van der Waals surface area contributed by atoms with Crippen LogP contribution in [-0.4, -0.2) is 41.2 Å². The van der Waals surface area contributed by atoms with Gasteiger partial charge in [0.15, 0.2) is 6.61 Å². The Hall–Kier alpha value is -2.41. The molecule has 7 nitrogen and oxygen atoms in total. The van der Waals surface area contributed by atoms with Crippen molar-refractivity contribution >= 4 is 41.0 Å². The highest BCUT2D eigenvalue weighted by molar-refractivity contribution is 6.31. The van der Waals surface area contributed by atoms with E-state index < -0.39 is 24.5 Å². The van der Waals surface area contributed by atoms with E-state index in [1.165, 1.54) is 6.92 Å². The monoisotopic (exact) mass is 418 g/mol. The van der Waals surface area contributed by atoms with Gasteiger partial charge in [-0.25, -0.2) is 4.79 Å². The Kier molecular flexibility index (Phi) is 5.11. The Labute approximate surface area is 173 Å². The number of anilines is 1. The standard InChI is InChI=1S/C21H23ClN2O5/c1-10-14(22)4-3-5-15(10)23-16(25)9-29-21(28)11(2)24-19(26)17-12-6-7-13(8-12)18(17)20(24)27/h3-5,11-13,17-18H,6-9H2,1-2H3,(H,23,25)/t11-,12+,13+,17-,18-/m0/s1. The highest BCUT2D eigenvalue weighted by Gasteiger charge is 2.62. The fourth-order valence-corrected chi connectivity index (χ4v) is 5.28. The van der Waals surface area contributed by atoms with Gasteiger partial charge in [0.25, 0.3) is 5.91 Å². The lowest BCUT2D eigenvalue weighted by atomic mass is 9.81. The summed E-state index contributed by atoms with van der Waals surface area (Å²) in [5.41, 5.74) is 1.23. The molecule has 3 fully saturated rings. The van der Waals surface area contributed by atoms with Gasteiger partial charge >= 0.3 is 5.97 Å². The quantitative estimate of drug-likeness (QED) is 0.586. The molecule has 5 atom stereocenters. The van der Waals surface area contributed by atoms with Crippen molar-refractivity contribution < 1.29 is 23.9 Å². The Morgan fingerprint density at radius 1 is 1.21 bits per heavy atom. The first-order valence-corrected chi connectivity index (χ1v) is 10.3. The molecule has 29 heavy (non-hydrogen) atoms. The molecule has 0 radical (unpaired) electrons. The number of esters is 1. The van der Waals surface area contributed by atoms with E-state index in [-0.39, 0.29) is 35.5 Å². The Bertz CT molecular complexity index is 873. The van der Waals surface area contributed by atoms with Crippen LogP contribution in [0.1, 0.15) is 31.7 Å². The summed E-state index contributed by atoms with van der Waals surface area (Å²) in [6.07, 6.45) is 2.88. The summed E-state index contributed by atoms with van der Waals surface area (Å²) in [5, 5.41) is 3.15. The van der Waals surface area contributed by atoms with Crippen LogP contribution in [-0.2, 0) is 23.9 Å². The van der Waals surface area contributed by atoms with Crippen LogP contribution in [0.5, 0.6) is 0 Å². The molecule has 4 rings (SSSR count). The van der Waals surface area contributed by atoms with Crippen molar-refractivity contribution in [1.29, 1.82) is 0 Å². The van der Waals surface area contributed by atoms with Gasteiger partial charge in [-0.1, -0.05) is 17.7 Å². The van der Waals surface area contributed by atoms with Crippen LogP contribution in [0.4, 0.5) is 5.69 Å². The highest BCUT2D eigenvalue weighted by atomic mass is 35.5. The summed E-state index contributed by atoms with van der Waals surface area (Å²) in [6.45, 7) is 2.73. The number of imide groups is 1. The molecule has 1 saturated heterocycles. The first-order valence-electron chi connectivity index (χ1n) is 9.88. The number of rotatable bonds is 5. The number of halogens is 1. The van der Waals surface area contributed by atoms with Crippen molar-refractivity contribution in [2.75, 3.05) is 11.9 Å². The number of nitrogens with one attached hydrogen (secondary N) is 1. The predicted molar refractivity (Wildman–Crippen MR) is 105 cm³/mol. The van der Waals surface area contributed by atoms with Gasteiger partial charge in [0.2, 0.25) is 11.8 Å². The fourth-order valence-electron chi connectivity index (χ4n) is 5.11. The molecular weight excluding hydrogens is 396 g/mol. The average molecular weight is 419 g/mol. The minimum absolute atomic E-state index is 0.251. The summed E-state index contributed by atoms with van der Waals surface area (Å²) >= 11 is 6.03. The third-order valence-corrected chi connectivity index (χ3v) is 6.99. The number of nitrogens with zero attached hydrogens (tertiary/aromatic N) is 1. The first kappa shape index (κ1) is 19.9. The average Bonchev–Trinajstić information content (AvgIpc) is 3.37. The third kappa shape index (κ3) is 3.31. The topological polar surface area (TPSA) is 92.8 Å². The smallest absolute Gasteiger partial charge is 0.329 e. The number of likely N-dealkylation sites (tertiary alicyclic amines) is 1. The van der Waals surface area contributed by atoms with Crippen molar-refractivity contribution in [1.82, 2.24) is 4.90 Å². The van der Waals surface area contributed by atoms with Gasteiger partial charge in [0.05, 0.1) is 11.8 Å². The molecule has 1 heterocycles. The second kappa shape index (κ2) is 7.44. The number of hydrogen-bond acceptors (Lipinski definition) is 5. The minimum atomic E-state index is -1.04. The van der Waals surface area contributed by atoms with E-state index >= 15 is 0 Å². The van der Waals surface area contributed by atoms with Crippen molar-refractivity contribution in [3.05, 3.63) is 28.8 Å². The number of ether oxygens (including phenoxy) is 1. The fraction of sp³-hybridized carbons (Fsp3) is 0.524. The Morgan fingerprint density at radius 2 is 1.83 bits per heavy atom. The molecular formula is C21H23ClN2O5. The molecule has 0 aromatic heterocycles.